The van der Waals surface area contributed by atoms with Crippen molar-refractivity contribution in [3.63, 3.8) is 0 Å². The lowest BCUT2D eigenvalue weighted by atomic mass is 10.1. The van der Waals surface area contributed by atoms with Gasteiger partial charge in [-0.2, -0.15) is 0 Å². The van der Waals surface area contributed by atoms with Crippen LogP contribution in [0, 0.1) is 0 Å². The van der Waals surface area contributed by atoms with E-state index in [1.54, 1.807) is 6.08 Å². The van der Waals surface area contributed by atoms with E-state index in [2.05, 4.69) is 0 Å². The molecule has 0 aliphatic rings. The van der Waals surface area contributed by atoms with E-state index in [4.69, 9.17) is 0 Å². The van der Waals surface area contributed by atoms with Gasteiger partial charge in [0, 0.05) is 6.07 Å². The van der Waals surface area contributed by atoms with Gasteiger partial charge in [-0.1, -0.05) is 42.5 Å². The molecule has 0 spiro atoms. The number of rotatable bonds is 4. The molecule has 0 saturated carbocycles. The van der Waals surface area contributed by atoms with Gasteiger partial charge in [0.05, 0.1) is 5.56 Å². The summed E-state index contributed by atoms with van der Waals surface area (Å²) in [6, 6.07) is 10.8. The maximum Gasteiger partial charge on any atom is 0.168 e. The number of phenolic OH excluding ortho intramolecular Hbond substituents is 4. The van der Waals surface area contributed by atoms with Gasteiger partial charge in [-0.15, -0.1) is 0 Å². The first kappa shape index (κ1) is 13.8. The van der Waals surface area contributed by atoms with Crippen molar-refractivity contribution < 1.29 is 20.4 Å². The number of benzene rings is 2. The number of aromatic hydroxyl groups is 4. The van der Waals surface area contributed by atoms with Gasteiger partial charge in [-0.3, -0.25) is 0 Å². The molecule has 0 atom stereocenters. The molecule has 0 unspecified atom stereocenters. The van der Waals surface area contributed by atoms with Crippen LogP contribution in [-0.2, 0) is 6.42 Å². The largest absolute Gasteiger partial charge is 0.504 e. The Hall–Kier alpha value is -2.62. The first-order chi connectivity index (χ1) is 9.59. The van der Waals surface area contributed by atoms with Gasteiger partial charge in [-0.25, -0.2) is 0 Å². The third-order valence-corrected chi connectivity index (χ3v) is 3.00. The Morgan fingerprint density at radius 3 is 2.05 bits per heavy atom. The highest BCUT2D eigenvalue weighted by Crippen LogP contribution is 2.42. The summed E-state index contributed by atoms with van der Waals surface area (Å²) in [6.07, 6.45) is 4.77. The van der Waals surface area contributed by atoms with Crippen LogP contribution in [0.25, 0.3) is 6.08 Å². The monoisotopic (exact) mass is 272 g/mol. The Balaban J connectivity index is 2.09. The van der Waals surface area contributed by atoms with Crippen molar-refractivity contribution in [3.05, 3.63) is 53.6 Å². The van der Waals surface area contributed by atoms with E-state index in [1.807, 2.05) is 30.3 Å². The summed E-state index contributed by atoms with van der Waals surface area (Å²) in [5, 5.41) is 38.1. The van der Waals surface area contributed by atoms with E-state index < -0.39 is 23.0 Å². The maximum atomic E-state index is 9.65. The minimum absolute atomic E-state index is 0.00978. The zero-order valence-electron chi connectivity index (χ0n) is 10.8. The van der Waals surface area contributed by atoms with Crippen LogP contribution in [0.1, 0.15) is 17.5 Å². The molecule has 4 heteroatoms. The zero-order chi connectivity index (χ0) is 14.5. The highest BCUT2D eigenvalue weighted by Gasteiger charge is 2.14. The normalized spacial score (nSPS) is 11.0. The Morgan fingerprint density at radius 1 is 0.850 bits per heavy atom. The van der Waals surface area contributed by atoms with Crippen LogP contribution in [0.2, 0.25) is 0 Å². The molecule has 0 heterocycles. The molecule has 0 fully saturated rings. The van der Waals surface area contributed by atoms with E-state index >= 15 is 0 Å². The van der Waals surface area contributed by atoms with Crippen molar-refractivity contribution in [2.45, 2.75) is 12.8 Å². The van der Waals surface area contributed by atoms with E-state index in [1.165, 1.54) is 11.6 Å². The smallest absolute Gasteiger partial charge is 0.168 e. The topological polar surface area (TPSA) is 80.9 Å². The number of phenols is 4. The summed E-state index contributed by atoms with van der Waals surface area (Å²) < 4.78 is 0. The second-order valence-electron chi connectivity index (χ2n) is 4.45. The predicted octanol–water partition coefficient (Wildman–Crippen LogP) is 3.16. The minimum atomic E-state index is -0.469. The van der Waals surface area contributed by atoms with Crippen LogP contribution in [0.5, 0.6) is 23.0 Å². The SMILES string of the molecule is Oc1cc(O)c(O)c(/C=C/CCc2ccccc2)c1O. The second kappa shape index (κ2) is 6.02. The van der Waals surface area contributed by atoms with E-state index in [0.717, 1.165) is 12.5 Å². The van der Waals surface area contributed by atoms with Crippen LogP contribution in [0.4, 0.5) is 0 Å². The highest BCUT2D eigenvalue weighted by molar-refractivity contribution is 5.71. The molecule has 0 radical (unpaired) electrons. The molecule has 4 N–H and O–H groups in total. The van der Waals surface area contributed by atoms with E-state index in [-0.39, 0.29) is 5.56 Å². The molecule has 104 valence electrons. The Bertz CT molecular complexity index is 592. The summed E-state index contributed by atoms with van der Waals surface area (Å²) in [4.78, 5) is 0. The second-order valence-corrected chi connectivity index (χ2v) is 4.45. The van der Waals surface area contributed by atoms with Crippen LogP contribution < -0.4 is 0 Å². The van der Waals surface area contributed by atoms with Crippen molar-refractivity contribution in [3.8, 4) is 23.0 Å². The van der Waals surface area contributed by atoms with E-state index in [9.17, 15) is 20.4 Å². The van der Waals surface area contributed by atoms with E-state index in [0.29, 0.717) is 6.42 Å². The average molecular weight is 272 g/mol. The fourth-order valence-corrected chi connectivity index (χ4v) is 1.91. The first-order valence-electron chi connectivity index (χ1n) is 6.27. The molecular weight excluding hydrogens is 256 g/mol. The van der Waals surface area contributed by atoms with Crippen LogP contribution >= 0.6 is 0 Å². The van der Waals surface area contributed by atoms with Gasteiger partial charge in [0.25, 0.3) is 0 Å². The molecule has 2 aromatic rings. The summed E-state index contributed by atoms with van der Waals surface area (Å²) in [5.41, 5.74) is 1.19. The summed E-state index contributed by atoms with van der Waals surface area (Å²) in [7, 11) is 0. The maximum absolute atomic E-state index is 9.65. The van der Waals surface area contributed by atoms with Crippen molar-refractivity contribution in [1.82, 2.24) is 0 Å². The summed E-state index contributed by atoms with van der Waals surface area (Å²) in [6.45, 7) is 0. The minimum Gasteiger partial charge on any atom is -0.504 e. The van der Waals surface area contributed by atoms with Gasteiger partial charge in [-0.05, 0) is 18.4 Å². The average Bonchev–Trinajstić information content (AvgIpc) is 2.45. The molecule has 0 bridgehead atoms. The van der Waals surface area contributed by atoms with Crippen molar-refractivity contribution in [2.24, 2.45) is 0 Å². The molecule has 0 amide bonds. The van der Waals surface area contributed by atoms with Gasteiger partial charge >= 0.3 is 0 Å². The van der Waals surface area contributed by atoms with Crippen molar-refractivity contribution in [1.29, 1.82) is 0 Å². The Kier molecular flexibility index (Phi) is 4.15. The number of allylic oxidation sites excluding steroid dienone is 1. The standard InChI is InChI=1S/C16H16O4/c17-13-10-14(18)16(20)12(15(13)19)9-5-4-8-11-6-2-1-3-7-11/h1-3,5-7,9-10,17-20H,4,8H2/b9-5+. The lowest BCUT2D eigenvalue weighted by molar-refractivity contribution is 0.371. The molecule has 2 rings (SSSR count). The molecular formula is C16H16O4. The first-order valence-corrected chi connectivity index (χ1v) is 6.27. The third kappa shape index (κ3) is 3.03. The molecule has 20 heavy (non-hydrogen) atoms. The lowest BCUT2D eigenvalue weighted by Gasteiger charge is -2.06. The Labute approximate surface area is 116 Å². The molecule has 0 aromatic heterocycles. The summed E-state index contributed by atoms with van der Waals surface area (Å²) >= 11 is 0. The number of hydrogen-bond donors (Lipinski definition) is 4. The van der Waals surface area contributed by atoms with Crippen molar-refractivity contribution in [2.75, 3.05) is 0 Å². The van der Waals surface area contributed by atoms with Gasteiger partial charge in [0.15, 0.2) is 23.0 Å². The molecule has 0 saturated heterocycles. The van der Waals surface area contributed by atoms with Gasteiger partial charge in [0.2, 0.25) is 0 Å². The third-order valence-electron chi connectivity index (χ3n) is 3.00. The highest BCUT2D eigenvalue weighted by atomic mass is 16.3. The lowest BCUT2D eigenvalue weighted by Crippen LogP contribution is -1.83. The number of hydrogen-bond acceptors (Lipinski definition) is 4. The quantitative estimate of drug-likeness (QED) is 0.509. The predicted molar refractivity (Wildman–Crippen MR) is 76.9 cm³/mol. The Morgan fingerprint density at radius 2 is 1.45 bits per heavy atom. The van der Waals surface area contributed by atoms with Gasteiger partial charge < -0.3 is 20.4 Å². The van der Waals surface area contributed by atoms with Crippen LogP contribution in [0.3, 0.4) is 0 Å². The molecule has 0 aliphatic heterocycles. The van der Waals surface area contributed by atoms with Gasteiger partial charge in [0.1, 0.15) is 0 Å². The van der Waals surface area contributed by atoms with Crippen LogP contribution in [0.15, 0.2) is 42.5 Å². The molecule has 0 aliphatic carbocycles. The fraction of sp³-hybridized carbons (Fsp3) is 0.125. The molecule has 4 nitrogen and oxygen atoms in total. The zero-order valence-corrected chi connectivity index (χ0v) is 10.8. The summed E-state index contributed by atoms with van der Waals surface area (Å²) in [5.74, 6) is -1.83. The van der Waals surface area contributed by atoms with Crippen LogP contribution in [-0.4, -0.2) is 20.4 Å². The number of aryl methyl sites for hydroxylation is 1. The molecule has 2 aromatic carbocycles. The fourth-order valence-electron chi connectivity index (χ4n) is 1.91. The van der Waals surface area contributed by atoms with Crippen molar-refractivity contribution >= 4 is 6.08 Å².